The van der Waals surface area contributed by atoms with Crippen molar-refractivity contribution < 1.29 is 19.1 Å². The maximum atomic E-state index is 13.3. The Bertz CT molecular complexity index is 930. The minimum atomic E-state index is -0.778. The molecule has 2 fully saturated rings. The summed E-state index contributed by atoms with van der Waals surface area (Å²) in [5.41, 5.74) is 1.51. The third-order valence-electron chi connectivity index (χ3n) is 5.66. The van der Waals surface area contributed by atoms with Crippen molar-refractivity contribution >= 4 is 17.7 Å². The van der Waals surface area contributed by atoms with Crippen LogP contribution in [0.2, 0.25) is 0 Å². The number of rotatable bonds is 5. The normalized spacial score (nSPS) is 20.5. The number of benzene rings is 2. The second-order valence-corrected chi connectivity index (χ2v) is 9.51. The molecule has 2 aromatic rings. The predicted octanol–water partition coefficient (Wildman–Crippen LogP) is 4.72. The van der Waals surface area contributed by atoms with Crippen molar-refractivity contribution in [2.75, 3.05) is 0 Å². The van der Waals surface area contributed by atoms with Crippen molar-refractivity contribution in [2.45, 2.75) is 63.7 Å². The molecular weight excluding hydrogens is 390 g/mol. The van der Waals surface area contributed by atoms with Gasteiger partial charge in [-0.2, -0.15) is 0 Å². The molecule has 0 N–H and O–H groups in total. The van der Waals surface area contributed by atoms with E-state index in [0.29, 0.717) is 6.42 Å². The summed E-state index contributed by atoms with van der Waals surface area (Å²) in [4.78, 5) is 30.6. The smallest absolute Gasteiger partial charge is 0.331 e. The van der Waals surface area contributed by atoms with Crippen LogP contribution < -0.4 is 0 Å². The zero-order valence-electron chi connectivity index (χ0n) is 18.3. The molecule has 1 saturated carbocycles. The van der Waals surface area contributed by atoms with Crippen LogP contribution in [0, 0.1) is 5.92 Å². The highest BCUT2D eigenvalue weighted by Crippen LogP contribution is 2.49. The van der Waals surface area contributed by atoms with Gasteiger partial charge >= 0.3 is 11.9 Å². The van der Waals surface area contributed by atoms with Gasteiger partial charge in [0, 0.05) is 17.0 Å². The van der Waals surface area contributed by atoms with Crippen LogP contribution in [-0.4, -0.2) is 34.9 Å². The molecule has 2 atom stereocenters. The molecular formula is C26H29NO4. The largest absolute Gasteiger partial charge is 0.459 e. The van der Waals surface area contributed by atoms with E-state index in [1.54, 1.807) is 0 Å². The Morgan fingerprint density at radius 2 is 1.58 bits per heavy atom. The Balaban J connectivity index is 1.77. The average molecular weight is 420 g/mol. The van der Waals surface area contributed by atoms with Crippen molar-refractivity contribution in [1.29, 1.82) is 0 Å². The summed E-state index contributed by atoms with van der Waals surface area (Å²) in [5.74, 6) is -0.896. The van der Waals surface area contributed by atoms with Gasteiger partial charge in [0.1, 0.15) is 11.2 Å². The van der Waals surface area contributed by atoms with Crippen molar-refractivity contribution in [3.8, 4) is 0 Å². The van der Waals surface area contributed by atoms with Crippen LogP contribution in [0.25, 0.3) is 0 Å². The number of aliphatic imine (C=N–C) groups is 1. The molecule has 5 nitrogen and oxygen atoms in total. The highest BCUT2D eigenvalue weighted by atomic mass is 16.6. The Labute approximate surface area is 183 Å². The van der Waals surface area contributed by atoms with Crippen LogP contribution in [0.15, 0.2) is 65.7 Å². The van der Waals surface area contributed by atoms with Crippen molar-refractivity contribution in [3.05, 3.63) is 71.8 Å². The summed E-state index contributed by atoms with van der Waals surface area (Å²) in [7, 11) is 0. The van der Waals surface area contributed by atoms with E-state index < -0.39 is 23.2 Å². The van der Waals surface area contributed by atoms with Gasteiger partial charge < -0.3 is 9.47 Å². The van der Waals surface area contributed by atoms with Crippen LogP contribution in [0.5, 0.6) is 0 Å². The van der Waals surface area contributed by atoms with Gasteiger partial charge in [-0.05, 0) is 40.0 Å². The zero-order chi connectivity index (χ0) is 22.1. The third-order valence-corrected chi connectivity index (χ3v) is 5.66. The summed E-state index contributed by atoms with van der Waals surface area (Å²) in [5, 5.41) is 0. The van der Waals surface area contributed by atoms with E-state index in [1.807, 2.05) is 81.4 Å². The van der Waals surface area contributed by atoms with Gasteiger partial charge in [0.05, 0.1) is 12.1 Å². The Kier molecular flexibility index (Phi) is 5.69. The Morgan fingerprint density at radius 3 is 2.06 bits per heavy atom. The molecule has 2 aliphatic rings. The summed E-state index contributed by atoms with van der Waals surface area (Å²) >= 11 is 0. The number of esters is 2. The summed E-state index contributed by atoms with van der Waals surface area (Å²) in [6, 6.07) is 18.9. The first-order valence-electron chi connectivity index (χ1n) is 10.9. The monoisotopic (exact) mass is 419 g/mol. The van der Waals surface area contributed by atoms with Crippen LogP contribution in [-0.2, 0) is 19.1 Å². The van der Waals surface area contributed by atoms with Crippen LogP contribution in [0.1, 0.15) is 57.6 Å². The van der Waals surface area contributed by atoms with E-state index >= 15 is 0 Å². The fourth-order valence-corrected chi connectivity index (χ4v) is 4.12. The lowest BCUT2D eigenvalue weighted by Crippen LogP contribution is -2.42. The molecule has 31 heavy (non-hydrogen) atoms. The fourth-order valence-electron chi connectivity index (χ4n) is 4.12. The molecule has 0 unspecified atom stereocenters. The molecule has 1 saturated heterocycles. The molecule has 0 amide bonds. The first-order valence-corrected chi connectivity index (χ1v) is 10.9. The van der Waals surface area contributed by atoms with Crippen LogP contribution in [0.4, 0.5) is 0 Å². The molecule has 0 aromatic heterocycles. The number of hydrogen-bond acceptors (Lipinski definition) is 5. The third kappa shape index (κ3) is 5.22. The van der Waals surface area contributed by atoms with Gasteiger partial charge in [0.2, 0.25) is 0 Å². The minimum absolute atomic E-state index is 0.173. The lowest BCUT2D eigenvalue weighted by molar-refractivity contribution is -0.165. The SMILES string of the molecule is CC(C)(C)OC(=O)[C@@H](N=C(c1ccccc1)c1ccccc1)[C@H]1CC(=O)OC2(CC2)C1. The van der Waals surface area contributed by atoms with Crippen molar-refractivity contribution in [2.24, 2.45) is 10.9 Å². The molecule has 0 radical (unpaired) electrons. The molecule has 162 valence electrons. The van der Waals surface area contributed by atoms with Gasteiger partial charge in [0.15, 0.2) is 6.04 Å². The lowest BCUT2D eigenvalue weighted by Gasteiger charge is -2.33. The highest BCUT2D eigenvalue weighted by molar-refractivity contribution is 6.13. The molecule has 4 rings (SSSR count). The Morgan fingerprint density at radius 1 is 1.03 bits per heavy atom. The number of carbonyl (C=O) groups excluding carboxylic acids is 2. The second kappa shape index (κ2) is 8.29. The van der Waals surface area contributed by atoms with Crippen molar-refractivity contribution in [1.82, 2.24) is 0 Å². The standard InChI is InChI=1S/C26H29NO4/c1-25(2,3)31-24(29)23(20-16-21(28)30-26(17-20)14-15-26)27-22(18-10-6-4-7-11-18)19-12-8-5-9-13-19/h4-13,20,23H,14-17H2,1-3H3/t20-,23-/m0/s1. The fraction of sp³-hybridized carbons (Fsp3) is 0.423. The average Bonchev–Trinajstić information content (AvgIpc) is 3.45. The minimum Gasteiger partial charge on any atom is -0.459 e. The van der Waals surface area contributed by atoms with E-state index in [9.17, 15) is 9.59 Å². The predicted molar refractivity (Wildman–Crippen MR) is 119 cm³/mol. The quantitative estimate of drug-likeness (QED) is 0.520. The van der Waals surface area contributed by atoms with E-state index in [-0.39, 0.29) is 18.3 Å². The van der Waals surface area contributed by atoms with Gasteiger partial charge in [-0.25, -0.2) is 4.79 Å². The van der Waals surface area contributed by atoms with Gasteiger partial charge in [0.25, 0.3) is 0 Å². The lowest BCUT2D eigenvalue weighted by atomic mass is 9.86. The second-order valence-electron chi connectivity index (χ2n) is 9.51. The van der Waals surface area contributed by atoms with Crippen LogP contribution >= 0.6 is 0 Å². The van der Waals surface area contributed by atoms with E-state index in [0.717, 1.165) is 29.7 Å². The number of carbonyl (C=O) groups is 2. The van der Waals surface area contributed by atoms with Gasteiger partial charge in [-0.3, -0.25) is 9.79 Å². The van der Waals surface area contributed by atoms with Gasteiger partial charge in [-0.15, -0.1) is 0 Å². The molecule has 5 heteroatoms. The maximum Gasteiger partial charge on any atom is 0.331 e. The number of ether oxygens (including phenoxy) is 2. The van der Waals surface area contributed by atoms with E-state index in [1.165, 1.54) is 0 Å². The van der Waals surface area contributed by atoms with E-state index in [4.69, 9.17) is 14.5 Å². The number of hydrogen-bond donors (Lipinski definition) is 0. The Hall–Kier alpha value is -2.95. The van der Waals surface area contributed by atoms with Gasteiger partial charge in [-0.1, -0.05) is 60.7 Å². The van der Waals surface area contributed by atoms with E-state index in [2.05, 4.69) is 0 Å². The van der Waals surface area contributed by atoms with Crippen molar-refractivity contribution in [3.63, 3.8) is 0 Å². The van der Waals surface area contributed by atoms with Crippen LogP contribution in [0.3, 0.4) is 0 Å². The zero-order valence-corrected chi connectivity index (χ0v) is 18.3. The molecule has 1 aliphatic carbocycles. The molecule has 1 spiro atoms. The highest BCUT2D eigenvalue weighted by Gasteiger charge is 2.54. The maximum absolute atomic E-state index is 13.3. The molecule has 2 aromatic carbocycles. The number of nitrogens with zero attached hydrogens (tertiary/aromatic N) is 1. The topological polar surface area (TPSA) is 65.0 Å². The summed E-state index contributed by atoms with van der Waals surface area (Å²) in [6.07, 6.45) is 2.52. The molecule has 1 aliphatic heterocycles. The summed E-state index contributed by atoms with van der Waals surface area (Å²) < 4.78 is 11.3. The summed E-state index contributed by atoms with van der Waals surface area (Å²) in [6.45, 7) is 5.54. The first kappa shape index (κ1) is 21.3. The molecule has 0 bridgehead atoms. The molecule has 1 heterocycles. The first-order chi connectivity index (χ1) is 14.7.